The third-order valence-electron chi connectivity index (χ3n) is 3.14. The smallest absolute Gasteiger partial charge is 0.259 e. The zero-order valence-corrected chi connectivity index (χ0v) is 14.8. The highest BCUT2D eigenvalue weighted by molar-refractivity contribution is 6.43. The molecule has 2 aromatic carbocycles. The number of nitrogens with zero attached hydrogens (tertiary/aromatic N) is 1. The minimum atomic E-state index is -0.476. The van der Waals surface area contributed by atoms with Gasteiger partial charge in [-0.3, -0.25) is 9.59 Å². The maximum Gasteiger partial charge on any atom is 0.259 e. The summed E-state index contributed by atoms with van der Waals surface area (Å²) in [5.41, 5.74) is 3.28. The van der Waals surface area contributed by atoms with E-state index in [2.05, 4.69) is 15.8 Å². The van der Waals surface area contributed by atoms with Gasteiger partial charge in [-0.05, 0) is 30.3 Å². The van der Waals surface area contributed by atoms with Crippen molar-refractivity contribution in [2.75, 3.05) is 13.7 Å². The van der Waals surface area contributed by atoms with E-state index in [0.717, 1.165) is 0 Å². The summed E-state index contributed by atoms with van der Waals surface area (Å²) >= 11 is 11.9. The lowest BCUT2D eigenvalue weighted by Crippen LogP contribution is -2.34. The molecule has 130 valence electrons. The molecular formula is C17H15Cl2N3O3. The van der Waals surface area contributed by atoms with Gasteiger partial charge in [-0.25, -0.2) is 5.43 Å². The van der Waals surface area contributed by atoms with Gasteiger partial charge in [0.1, 0.15) is 5.75 Å². The van der Waals surface area contributed by atoms with Crippen molar-refractivity contribution in [3.8, 4) is 5.75 Å². The molecule has 25 heavy (non-hydrogen) atoms. The van der Waals surface area contributed by atoms with Crippen LogP contribution < -0.4 is 15.5 Å². The van der Waals surface area contributed by atoms with E-state index in [1.165, 1.54) is 13.3 Å². The molecule has 0 radical (unpaired) electrons. The fraction of sp³-hybridized carbons (Fsp3) is 0.118. The second kappa shape index (κ2) is 9.05. The van der Waals surface area contributed by atoms with Gasteiger partial charge in [0.15, 0.2) is 0 Å². The number of carbonyl (C=O) groups is 2. The van der Waals surface area contributed by atoms with Gasteiger partial charge in [0.05, 0.1) is 29.9 Å². The van der Waals surface area contributed by atoms with Crippen LogP contribution >= 0.6 is 23.2 Å². The number of methoxy groups -OCH3 is 1. The first-order valence-electron chi connectivity index (χ1n) is 7.19. The molecule has 0 aliphatic heterocycles. The zero-order valence-electron chi connectivity index (χ0n) is 13.3. The third kappa shape index (κ3) is 5.48. The van der Waals surface area contributed by atoms with Crippen LogP contribution in [0.25, 0.3) is 0 Å². The maximum absolute atomic E-state index is 11.9. The summed E-state index contributed by atoms with van der Waals surface area (Å²) in [4.78, 5) is 23.6. The van der Waals surface area contributed by atoms with Gasteiger partial charge in [0, 0.05) is 11.1 Å². The highest BCUT2D eigenvalue weighted by Gasteiger charge is 2.08. The Bertz CT molecular complexity index is 792. The van der Waals surface area contributed by atoms with E-state index in [4.69, 9.17) is 27.9 Å². The largest absolute Gasteiger partial charge is 0.497 e. The van der Waals surface area contributed by atoms with Gasteiger partial charge in [0.25, 0.3) is 11.8 Å². The number of halogens is 2. The van der Waals surface area contributed by atoms with Crippen molar-refractivity contribution < 1.29 is 14.3 Å². The van der Waals surface area contributed by atoms with Gasteiger partial charge in [-0.2, -0.15) is 5.10 Å². The molecule has 2 N–H and O–H groups in total. The molecular weight excluding hydrogens is 365 g/mol. The van der Waals surface area contributed by atoms with Crippen LogP contribution in [0, 0.1) is 0 Å². The van der Waals surface area contributed by atoms with Crippen molar-refractivity contribution in [1.29, 1.82) is 0 Å². The van der Waals surface area contributed by atoms with Gasteiger partial charge in [0.2, 0.25) is 0 Å². The van der Waals surface area contributed by atoms with Gasteiger partial charge in [-0.15, -0.1) is 0 Å². The number of benzene rings is 2. The van der Waals surface area contributed by atoms with E-state index in [-0.39, 0.29) is 12.5 Å². The molecule has 0 bridgehead atoms. The predicted octanol–water partition coefficient (Wildman–Crippen LogP) is 2.88. The molecule has 0 atom stereocenters. The summed E-state index contributed by atoms with van der Waals surface area (Å²) in [6.45, 7) is -0.217. The number of hydrogen-bond acceptors (Lipinski definition) is 4. The molecule has 0 aromatic heterocycles. The number of hydrazone groups is 1. The average molecular weight is 380 g/mol. The lowest BCUT2D eigenvalue weighted by Gasteiger charge is -2.05. The Kier molecular flexibility index (Phi) is 6.80. The lowest BCUT2D eigenvalue weighted by molar-refractivity contribution is -0.120. The standard InChI is InChI=1S/C17H15Cl2N3O3/c1-25-13-7-5-11(6-8-13)17(24)20-10-15(23)22-21-9-12-3-2-4-14(18)16(12)19/h2-9H,10H2,1H3,(H,20,24)(H,22,23)/b21-9-. The summed E-state index contributed by atoms with van der Waals surface area (Å²) in [7, 11) is 1.54. The molecule has 0 fully saturated rings. The van der Waals surface area contributed by atoms with E-state index >= 15 is 0 Å². The first kappa shape index (κ1) is 18.8. The predicted molar refractivity (Wildman–Crippen MR) is 97.5 cm³/mol. The lowest BCUT2D eigenvalue weighted by atomic mass is 10.2. The molecule has 0 aliphatic carbocycles. The first-order chi connectivity index (χ1) is 12.0. The van der Waals surface area contributed by atoms with E-state index < -0.39 is 5.91 Å². The second-order valence-electron chi connectivity index (χ2n) is 4.85. The summed E-state index contributed by atoms with van der Waals surface area (Å²) in [5, 5.41) is 7.01. The Balaban J connectivity index is 1.82. The van der Waals surface area contributed by atoms with Crippen LogP contribution in [0.5, 0.6) is 5.75 Å². The normalized spacial score (nSPS) is 10.5. The first-order valence-corrected chi connectivity index (χ1v) is 7.95. The summed E-state index contributed by atoms with van der Waals surface area (Å²) in [6.07, 6.45) is 1.37. The van der Waals surface area contributed by atoms with Crippen LogP contribution in [-0.4, -0.2) is 31.7 Å². The molecule has 2 aromatic rings. The molecule has 6 nitrogen and oxygen atoms in total. The summed E-state index contributed by atoms with van der Waals surface area (Å²) in [6, 6.07) is 11.6. The summed E-state index contributed by atoms with van der Waals surface area (Å²) < 4.78 is 5.01. The molecule has 0 saturated carbocycles. The van der Waals surface area contributed by atoms with E-state index in [9.17, 15) is 9.59 Å². The minimum absolute atomic E-state index is 0.217. The van der Waals surface area contributed by atoms with Crippen molar-refractivity contribution in [2.45, 2.75) is 0 Å². The van der Waals surface area contributed by atoms with E-state index in [1.807, 2.05) is 0 Å². The number of ether oxygens (including phenoxy) is 1. The van der Waals surface area contributed by atoms with Crippen molar-refractivity contribution in [2.24, 2.45) is 5.10 Å². The Hall–Kier alpha value is -2.57. The van der Waals surface area contributed by atoms with Gasteiger partial charge < -0.3 is 10.1 Å². The van der Waals surface area contributed by atoms with Crippen molar-refractivity contribution in [1.82, 2.24) is 10.7 Å². The number of rotatable bonds is 6. The van der Waals surface area contributed by atoms with E-state index in [1.54, 1.807) is 42.5 Å². The number of carbonyl (C=O) groups excluding carboxylic acids is 2. The SMILES string of the molecule is COc1ccc(C(=O)NCC(=O)N/N=C\c2cccc(Cl)c2Cl)cc1. The van der Waals surface area contributed by atoms with Crippen molar-refractivity contribution >= 4 is 41.2 Å². The molecule has 0 saturated heterocycles. The van der Waals surface area contributed by atoms with Crippen molar-refractivity contribution in [3.05, 3.63) is 63.6 Å². The molecule has 0 unspecified atom stereocenters. The van der Waals surface area contributed by atoms with Crippen LogP contribution in [0.1, 0.15) is 15.9 Å². The molecule has 2 rings (SSSR count). The molecule has 8 heteroatoms. The monoisotopic (exact) mass is 379 g/mol. The average Bonchev–Trinajstić information content (AvgIpc) is 2.63. The zero-order chi connectivity index (χ0) is 18.2. The molecule has 0 aliphatic rings. The van der Waals surface area contributed by atoms with E-state index in [0.29, 0.717) is 26.9 Å². The van der Waals surface area contributed by atoms with Gasteiger partial charge in [-0.1, -0.05) is 35.3 Å². The molecule has 2 amide bonds. The third-order valence-corrected chi connectivity index (χ3v) is 3.97. The van der Waals surface area contributed by atoms with Crippen LogP contribution in [-0.2, 0) is 4.79 Å². The van der Waals surface area contributed by atoms with Crippen molar-refractivity contribution in [3.63, 3.8) is 0 Å². The Morgan fingerprint density at radius 1 is 1.16 bits per heavy atom. The Morgan fingerprint density at radius 2 is 1.88 bits per heavy atom. The van der Waals surface area contributed by atoms with Gasteiger partial charge >= 0.3 is 0 Å². The van der Waals surface area contributed by atoms with Crippen LogP contribution in [0.15, 0.2) is 47.6 Å². The number of nitrogens with one attached hydrogen (secondary N) is 2. The fourth-order valence-electron chi connectivity index (χ4n) is 1.84. The highest BCUT2D eigenvalue weighted by Crippen LogP contribution is 2.24. The highest BCUT2D eigenvalue weighted by atomic mass is 35.5. The molecule has 0 heterocycles. The second-order valence-corrected chi connectivity index (χ2v) is 5.63. The molecule has 0 spiro atoms. The number of amides is 2. The van der Waals surface area contributed by atoms with Crippen LogP contribution in [0.4, 0.5) is 0 Å². The maximum atomic E-state index is 11.9. The fourth-order valence-corrected chi connectivity index (χ4v) is 2.20. The Labute approximate surface area is 154 Å². The quantitative estimate of drug-likeness (QED) is 0.598. The van der Waals surface area contributed by atoms with Crippen LogP contribution in [0.3, 0.4) is 0 Å². The minimum Gasteiger partial charge on any atom is -0.497 e. The number of hydrogen-bond donors (Lipinski definition) is 2. The summed E-state index contributed by atoms with van der Waals surface area (Å²) in [5.74, 6) is -0.209. The topological polar surface area (TPSA) is 79.8 Å². The van der Waals surface area contributed by atoms with Crippen LogP contribution in [0.2, 0.25) is 10.0 Å². The Morgan fingerprint density at radius 3 is 2.56 bits per heavy atom.